The molecule has 2 N–H and O–H groups in total. The maximum absolute atomic E-state index is 9.67. The van der Waals surface area contributed by atoms with Gasteiger partial charge in [0.05, 0.1) is 6.54 Å². The molecule has 3 nitrogen and oxygen atoms in total. The molecular weight excluding hydrogens is 214 g/mol. The summed E-state index contributed by atoms with van der Waals surface area (Å²) in [5.41, 5.74) is 2.06. The molecule has 1 aromatic carbocycles. The van der Waals surface area contributed by atoms with Crippen molar-refractivity contribution >= 4 is 0 Å². The van der Waals surface area contributed by atoms with Gasteiger partial charge in [-0.3, -0.25) is 0 Å². The van der Waals surface area contributed by atoms with Crippen LogP contribution in [0.5, 0.6) is 5.75 Å². The van der Waals surface area contributed by atoms with Gasteiger partial charge in [-0.05, 0) is 32.0 Å². The van der Waals surface area contributed by atoms with Gasteiger partial charge in [0.2, 0.25) is 0 Å². The molecule has 3 heteroatoms. The molecule has 1 heterocycles. The van der Waals surface area contributed by atoms with Crippen LogP contribution < -0.4 is 5.32 Å². The minimum atomic E-state index is 0.332. The fourth-order valence-corrected chi connectivity index (χ4v) is 1.76. The summed E-state index contributed by atoms with van der Waals surface area (Å²) in [5, 5.41) is 12.9. The van der Waals surface area contributed by atoms with Gasteiger partial charge in [0.1, 0.15) is 17.3 Å². The van der Waals surface area contributed by atoms with Crippen molar-refractivity contribution in [1.82, 2.24) is 5.32 Å². The first kappa shape index (κ1) is 11.7. The lowest BCUT2D eigenvalue weighted by atomic mass is 10.1. The van der Waals surface area contributed by atoms with Gasteiger partial charge in [-0.25, -0.2) is 0 Å². The molecule has 0 amide bonds. The third kappa shape index (κ3) is 3.11. The van der Waals surface area contributed by atoms with Crippen LogP contribution in [-0.4, -0.2) is 5.11 Å². The Morgan fingerprint density at radius 1 is 1.12 bits per heavy atom. The number of furan rings is 1. The molecule has 90 valence electrons. The maximum atomic E-state index is 9.67. The molecule has 0 aliphatic carbocycles. The van der Waals surface area contributed by atoms with Gasteiger partial charge in [-0.15, -0.1) is 0 Å². The average molecular weight is 231 g/mol. The fraction of sp³-hybridized carbons (Fsp3) is 0.286. The second-order valence-electron chi connectivity index (χ2n) is 4.25. The zero-order chi connectivity index (χ0) is 12.3. The Labute approximate surface area is 101 Å². The lowest BCUT2D eigenvalue weighted by Gasteiger charge is -2.06. The molecule has 0 radical (unpaired) electrons. The van der Waals surface area contributed by atoms with Gasteiger partial charge >= 0.3 is 0 Å². The van der Waals surface area contributed by atoms with Crippen molar-refractivity contribution in [2.75, 3.05) is 0 Å². The summed E-state index contributed by atoms with van der Waals surface area (Å²) in [6.45, 7) is 5.24. The summed E-state index contributed by atoms with van der Waals surface area (Å²) in [4.78, 5) is 0. The predicted octanol–water partition coefficient (Wildman–Crippen LogP) is 2.89. The molecule has 0 fully saturated rings. The van der Waals surface area contributed by atoms with Crippen LogP contribution in [0.2, 0.25) is 0 Å². The van der Waals surface area contributed by atoms with Crippen LogP contribution in [0.1, 0.15) is 22.6 Å². The first-order valence-electron chi connectivity index (χ1n) is 5.69. The first-order valence-corrected chi connectivity index (χ1v) is 5.69. The van der Waals surface area contributed by atoms with E-state index in [1.165, 1.54) is 0 Å². The zero-order valence-corrected chi connectivity index (χ0v) is 10.2. The number of hydrogen-bond acceptors (Lipinski definition) is 3. The number of phenols is 1. The van der Waals surface area contributed by atoms with Crippen molar-refractivity contribution in [2.45, 2.75) is 26.9 Å². The van der Waals surface area contributed by atoms with E-state index in [1.807, 2.05) is 38.1 Å². The highest BCUT2D eigenvalue weighted by molar-refractivity contribution is 5.35. The second-order valence-corrected chi connectivity index (χ2v) is 4.25. The Morgan fingerprint density at radius 2 is 1.94 bits per heavy atom. The number of aryl methyl sites for hydroxylation is 2. The summed E-state index contributed by atoms with van der Waals surface area (Å²) >= 11 is 0. The Kier molecular flexibility index (Phi) is 3.49. The lowest BCUT2D eigenvalue weighted by Crippen LogP contribution is -2.12. The van der Waals surface area contributed by atoms with E-state index >= 15 is 0 Å². The van der Waals surface area contributed by atoms with Gasteiger partial charge < -0.3 is 14.8 Å². The molecule has 0 atom stereocenters. The van der Waals surface area contributed by atoms with Crippen molar-refractivity contribution in [3.8, 4) is 5.75 Å². The van der Waals surface area contributed by atoms with Crippen LogP contribution >= 0.6 is 0 Å². The Hall–Kier alpha value is -1.74. The van der Waals surface area contributed by atoms with Gasteiger partial charge in [-0.2, -0.15) is 0 Å². The van der Waals surface area contributed by atoms with Crippen LogP contribution in [0.3, 0.4) is 0 Å². The number of rotatable bonds is 4. The number of aromatic hydroxyl groups is 1. The molecule has 0 spiro atoms. The quantitative estimate of drug-likeness (QED) is 0.850. The van der Waals surface area contributed by atoms with Crippen LogP contribution in [-0.2, 0) is 13.1 Å². The van der Waals surface area contributed by atoms with Crippen LogP contribution in [0.25, 0.3) is 0 Å². The minimum absolute atomic E-state index is 0.332. The molecule has 0 aliphatic heterocycles. The van der Waals surface area contributed by atoms with Crippen molar-refractivity contribution in [2.24, 2.45) is 0 Å². The van der Waals surface area contributed by atoms with E-state index in [4.69, 9.17) is 4.42 Å². The molecule has 0 bridgehead atoms. The molecule has 2 rings (SSSR count). The van der Waals surface area contributed by atoms with E-state index in [1.54, 1.807) is 6.07 Å². The van der Waals surface area contributed by atoms with Crippen LogP contribution in [0.4, 0.5) is 0 Å². The topological polar surface area (TPSA) is 45.4 Å². The summed E-state index contributed by atoms with van der Waals surface area (Å²) < 4.78 is 5.45. The smallest absolute Gasteiger partial charge is 0.120 e. The van der Waals surface area contributed by atoms with Crippen molar-refractivity contribution in [3.05, 3.63) is 53.0 Å². The van der Waals surface area contributed by atoms with Crippen molar-refractivity contribution < 1.29 is 9.52 Å². The fourth-order valence-electron chi connectivity index (χ4n) is 1.76. The molecule has 0 unspecified atom stereocenters. The Bertz CT molecular complexity index is 503. The Balaban J connectivity index is 1.91. The summed E-state index contributed by atoms with van der Waals surface area (Å²) in [5.74, 6) is 2.16. The third-order valence-corrected chi connectivity index (χ3v) is 2.65. The normalized spacial score (nSPS) is 10.7. The highest BCUT2D eigenvalue weighted by atomic mass is 16.3. The highest BCUT2D eigenvalue weighted by Crippen LogP contribution is 2.18. The summed E-state index contributed by atoms with van der Waals surface area (Å²) in [6, 6.07) is 9.51. The SMILES string of the molecule is Cc1ccc(O)c(CNCc2ccc(C)o2)c1. The molecular formula is C14H17NO2. The standard InChI is InChI=1S/C14H17NO2/c1-10-3-6-14(16)12(7-10)8-15-9-13-5-4-11(2)17-13/h3-7,15-16H,8-9H2,1-2H3. The van der Waals surface area contributed by atoms with Gasteiger partial charge in [0.25, 0.3) is 0 Å². The van der Waals surface area contributed by atoms with E-state index in [0.717, 1.165) is 22.6 Å². The number of phenolic OH excluding ortho intramolecular Hbond substituents is 1. The average Bonchev–Trinajstić information content (AvgIpc) is 2.69. The van der Waals surface area contributed by atoms with Crippen molar-refractivity contribution in [3.63, 3.8) is 0 Å². The van der Waals surface area contributed by atoms with E-state index < -0.39 is 0 Å². The molecule has 1 aromatic heterocycles. The van der Waals surface area contributed by atoms with E-state index in [2.05, 4.69) is 5.32 Å². The summed E-state index contributed by atoms with van der Waals surface area (Å²) in [6.07, 6.45) is 0. The first-order chi connectivity index (χ1) is 8.15. The maximum Gasteiger partial charge on any atom is 0.120 e. The van der Waals surface area contributed by atoms with E-state index in [-0.39, 0.29) is 0 Å². The number of nitrogens with one attached hydrogen (secondary N) is 1. The van der Waals surface area contributed by atoms with Crippen LogP contribution in [0.15, 0.2) is 34.7 Å². The lowest BCUT2D eigenvalue weighted by molar-refractivity contribution is 0.449. The van der Waals surface area contributed by atoms with Gasteiger partial charge in [-0.1, -0.05) is 17.7 Å². The molecule has 17 heavy (non-hydrogen) atoms. The molecule has 2 aromatic rings. The number of benzene rings is 1. The van der Waals surface area contributed by atoms with E-state index in [9.17, 15) is 5.11 Å². The predicted molar refractivity (Wildman–Crippen MR) is 66.8 cm³/mol. The molecule has 0 saturated heterocycles. The molecule has 0 aliphatic rings. The van der Waals surface area contributed by atoms with E-state index in [0.29, 0.717) is 18.8 Å². The summed E-state index contributed by atoms with van der Waals surface area (Å²) in [7, 11) is 0. The Morgan fingerprint density at radius 3 is 2.65 bits per heavy atom. The van der Waals surface area contributed by atoms with Crippen LogP contribution in [0, 0.1) is 13.8 Å². The van der Waals surface area contributed by atoms with Gasteiger partial charge in [0, 0.05) is 12.1 Å². The minimum Gasteiger partial charge on any atom is -0.508 e. The third-order valence-electron chi connectivity index (χ3n) is 2.65. The second kappa shape index (κ2) is 5.06. The highest BCUT2D eigenvalue weighted by Gasteiger charge is 2.02. The largest absolute Gasteiger partial charge is 0.508 e. The number of hydrogen-bond donors (Lipinski definition) is 2. The monoisotopic (exact) mass is 231 g/mol. The van der Waals surface area contributed by atoms with Gasteiger partial charge in [0.15, 0.2) is 0 Å². The zero-order valence-electron chi connectivity index (χ0n) is 10.2. The molecule has 0 saturated carbocycles. The van der Waals surface area contributed by atoms with Crippen molar-refractivity contribution in [1.29, 1.82) is 0 Å².